The largest absolute Gasteiger partial charge is 0.366 e. The summed E-state index contributed by atoms with van der Waals surface area (Å²) in [7, 11) is 0. The van der Waals surface area contributed by atoms with E-state index in [1.807, 2.05) is 36.6 Å². The number of hydrogen-bond donors (Lipinski definition) is 1. The fraction of sp³-hybridized carbons (Fsp3) is 0.263. The van der Waals surface area contributed by atoms with Crippen molar-refractivity contribution in [2.45, 2.75) is 33.1 Å². The van der Waals surface area contributed by atoms with Crippen molar-refractivity contribution in [2.75, 3.05) is 0 Å². The molecule has 1 amide bonds. The number of ketones is 1. The van der Waals surface area contributed by atoms with E-state index in [2.05, 4.69) is 9.97 Å². The third kappa shape index (κ3) is 2.41. The van der Waals surface area contributed by atoms with Crippen LogP contribution in [-0.2, 0) is 6.42 Å². The van der Waals surface area contributed by atoms with Gasteiger partial charge in [-0.05, 0) is 50.5 Å². The lowest BCUT2D eigenvalue weighted by molar-refractivity contribution is 0.0950. The van der Waals surface area contributed by atoms with Crippen LogP contribution in [0.1, 0.15) is 50.5 Å². The zero-order chi connectivity index (χ0) is 17.7. The van der Waals surface area contributed by atoms with Gasteiger partial charge in [0, 0.05) is 29.4 Å². The highest BCUT2D eigenvalue weighted by Gasteiger charge is 2.28. The first-order chi connectivity index (χ1) is 12.0. The summed E-state index contributed by atoms with van der Waals surface area (Å²) < 4.78 is 1.81. The van der Waals surface area contributed by atoms with E-state index in [0.717, 1.165) is 28.8 Å². The van der Waals surface area contributed by atoms with Crippen LogP contribution in [0.25, 0.3) is 16.9 Å². The highest BCUT2D eigenvalue weighted by Crippen LogP contribution is 2.29. The summed E-state index contributed by atoms with van der Waals surface area (Å²) in [6.07, 6.45) is 3.56. The van der Waals surface area contributed by atoms with E-state index < -0.39 is 5.91 Å². The molecular weight excluding hydrogens is 316 g/mol. The average molecular weight is 334 g/mol. The van der Waals surface area contributed by atoms with Gasteiger partial charge in [-0.2, -0.15) is 0 Å². The van der Waals surface area contributed by atoms with Gasteiger partial charge >= 0.3 is 0 Å². The van der Waals surface area contributed by atoms with E-state index in [-0.39, 0.29) is 11.3 Å². The summed E-state index contributed by atoms with van der Waals surface area (Å²) >= 11 is 0. The number of fused-ring (bicyclic) bond motifs is 2. The predicted molar refractivity (Wildman–Crippen MR) is 94.1 cm³/mol. The molecule has 0 spiro atoms. The van der Waals surface area contributed by atoms with Gasteiger partial charge in [0.1, 0.15) is 5.82 Å². The topological polar surface area (TPSA) is 90.9 Å². The quantitative estimate of drug-likeness (QED) is 0.780. The summed E-state index contributed by atoms with van der Waals surface area (Å²) in [4.78, 5) is 33.3. The van der Waals surface area contributed by atoms with Gasteiger partial charge in [-0.3, -0.25) is 9.59 Å². The summed E-state index contributed by atoms with van der Waals surface area (Å²) in [6, 6.07) is 5.88. The fourth-order valence-corrected chi connectivity index (χ4v) is 3.59. The third-order valence-corrected chi connectivity index (χ3v) is 4.71. The number of hydrogen-bond acceptors (Lipinski definition) is 4. The Bertz CT molecular complexity index is 1050. The molecule has 25 heavy (non-hydrogen) atoms. The molecule has 126 valence electrons. The van der Waals surface area contributed by atoms with Crippen molar-refractivity contribution in [2.24, 2.45) is 5.73 Å². The molecule has 0 saturated carbocycles. The van der Waals surface area contributed by atoms with Crippen LogP contribution in [0.2, 0.25) is 0 Å². The number of nitrogens with zero attached hydrogens (tertiary/aromatic N) is 3. The zero-order valence-corrected chi connectivity index (χ0v) is 14.2. The highest BCUT2D eigenvalue weighted by molar-refractivity contribution is 6.09. The molecule has 3 aromatic heterocycles. The first-order valence-corrected chi connectivity index (χ1v) is 8.28. The molecule has 0 unspecified atom stereocenters. The second-order valence-corrected chi connectivity index (χ2v) is 6.50. The van der Waals surface area contributed by atoms with Crippen LogP contribution >= 0.6 is 0 Å². The molecule has 6 heteroatoms. The molecule has 0 atom stereocenters. The number of amides is 1. The van der Waals surface area contributed by atoms with E-state index in [4.69, 9.17) is 5.73 Å². The van der Waals surface area contributed by atoms with Crippen LogP contribution in [0.5, 0.6) is 0 Å². The maximum absolute atomic E-state index is 12.3. The van der Waals surface area contributed by atoms with Gasteiger partial charge in [-0.1, -0.05) is 0 Å². The van der Waals surface area contributed by atoms with Gasteiger partial charge in [0.2, 0.25) is 0 Å². The minimum atomic E-state index is -0.587. The number of carbonyl (C=O) groups is 2. The van der Waals surface area contributed by atoms with Crippen molar-refractivity contribution in [3.63, 3.8) is 0 Å². The van der Waals surface area contributed by atoms with E-state index in [1.165, 1.54) is 0 Å². The molecule has 3 aromatic rings. The van der Waals surface area contributed by atoms with E-state index in [9.17, 15) is 9.59 Å². The Morgan fingerprint density at radius 3 is 2.76 bits per heavy atom. The summed E-state index contributed by atoms with van der Waals surface area (Å²) in [6.45, 7) is 3.96. The maximum Gasteiger partial charge on any atom is 0.251 e. The first-order valence-electron chi connectivity index (χ1n) is 8.28. The Labute approximate surface area is 144 Å². The lowest BCUT2D eigenvalue weighted by Crippen LogP contribution is -2.18. The number of rotatable bonds is 2. The number of primary amides is 1. The van der Waals surface area contributed by atoms with E-state index in [1.54, 1.807) is 6.20 Å². The van der Waals surface area contributed by atoms with Crippen LogP contribution < -0.4 is 5.73 Å². The highest BCUT2D eigenvalue weighted by atomic mass is 16.1. The lowest BCUT2D eigenvalue weighted by atomic mass is 9.93. The molecule has 6 nitrogen and oxygen atoms in total. The standard InChI is InChI=1S/C19H18N4O2/c1-10-8-11(2)21-19-12(10)6-7-16(22-19)23-9-13(18(20)25)17-14(23)4-3-5-15(17)24/h6-9H,3-5H2,1-2H3,(H2,20,25). The van der Waals surface area contributed by atoms with Gasteiger partial charge in [-0.25, -0.2) is 9.97 Å². The van der Waals surface area contributed by atoms with Gasteiger partial charge in [0.15, 0.2) is 11.4 Å². The Morgan fingerprint density at radius 2 is 2.00 bits per heavy atom. The summed E-state index contributed by atoms with van der Waals surface area (Å²) in [5, 5.41) is 0.988. The van der Waals surface area contributed by atoms with Crippen LogP contribution in [0.3, 0.4) is 0 Å². The van der Waals surface area contributed by atoms with Crippen LogP contribution in [0.15, 0.2) is 24.4 Å². The van der Waals surface area contributed by atoms with Gasteiger partial charge in [0.05, 0.1) is 11.1 Å². The lowest BCUT2D eigenvalue weighted by Gasteiger charge is -2.15. The van der Waals surface area contributed by atoms with Crippen molar-refractivity contribution in [3.05, 3.63) is 52.5 Å². The van der Waals surface area contributed by atoms with Gasteiger partial charge in [-0.15, -0.1) is 0 Å². The van der Waals surface area contributed by atoms with E-state index in [0.29, 0.717) is 29.9 Å². The average Bonchev–Trinajstić information content (AvgIpc) is 2.95. The third-order valence-electron chi connectivity index (χ3n) is 4.71. The zero-order valence-electron chi connectivity index (χ0n) is 14.2. The summed E-state index contributed by atoms with van der Waals surface area (Å²) in [5.41, 5.74) is 9.69. The van der Waals surface area contributed by atoms with Gasteiger partial charge in [0.25, 0.3) is 5.91 Å². The molecule has 0 bridgehead atoms. The minimum absolute atomic E-state index is 0.0283. The van der Waals surface area contributed by atoms with Gasteiger partial charge < -0.3 is 10.3 Å². The Hall–Kier alpha value is -3.02. The molecule has 1 aliphatic carbocycles. The molecule has 1 aliphatic rings. The number of Topliss-reactive ketones (excluding diaryl/α,β-unsaturated/α-hetero) is 1. The number of aryl methyl sites for hydroxylation is 2. The van der Waals surface area contributed by atoms with Crippen LogP contribution in [0, 0.1) is 13.8 Å². The molecule has 0 saturated heterocycles. The smallest absolute Gasteiger partial charge is 0.251 e. The Kier molecular flexibility index (Phi) is 3.42. The van der Waals surface area contributed by atoms with Crippen molar-refractivity contribution >= 4 is 22.7 Å². The minimum Gasteiger partial charge on any atom is -0.366 e. The molecule has 2 N–H and O–H groups in total. The van der Waals surface area contributed by atoms with Crippen molar-refractivity contribution < 1.29 is 9.59 Å². The van der Waals surface area contributed by atoms with Crippen molar-refractivity contribution in [3.8, 4) is 5.82 Å². The molecule has 0 aliphatic heterocycles. The van der Waals surface area contributed by atoms with E-state index >= 15 is 0 Å². The molecular formula is C19H18N4O2. The summed E-state index contributed by atoms with van der Waals surface area (Å²) in [5.74, 6) is 0.0266. The molecule has 0 fully saturated rings. The first kappa shape index (κ1) is 15.5. The monoisotopic (exact) mass is 334 g/mol. The normalized spacial score (nSPS) is 13.9. The molecule has 3 heterocycles. The second kappa shape index (κ2) is 5.51. The number of aromatic nitrogens is 3. The fourth-order valence-electron chi connectivity index (χ4n) is 3.59. The van der Waals surface area contributed by atoms with Crippen molar-refractivity contribution in [1.82, 2.24) is 14.5 Å². The SMILES string of the molecule is Cc1cc(C)c2ccc(-n3cc(C(N)=O)c4c3CCCC4=O)nc2n1. The Balaban J connectivity index is 1.96. The number of nitrogens with two attached hydrogens (primary N) is 1. The molecule has 0 radical (unpaired) electrons. The molecule has 4 rings (SSSR count). The number of carbonyl (C=O) groups excluding carboxylic acids is 2. The molecule has 0 aromatic carbocycles. The maximum atomic E-state index is 12.3. The number of pyridine rings is 2. The van der Waals surface area contributed by atoms with Crippen molar-refractivity contribution in [1.29, 1.82) is 0 Å². The predicted octanol–water partition coefficient (Wildman–Crippen LogP) is 2.66. The Morgan fingerprint density at radius 1 is 1.20 bits per heavy atom. The van der Waals surface area contributed by atoms with Crippen LogP contribution in [0.4, 0.5) is 0 Å². The van der Waals surface area contributed by atoms with Crippen LogP contribution in [-0.4, -0.2) is 26.2 Å². The second-order valence-electron chi connectivity index (χ2n) is 6.50.